The molecule has 0 bridgehead atoms. The number of fused-ring (bicyclic) bond motifs is 1. The second-order valence-corrected chi connectivity index (χ2v) is 6.84. The Morgan fingerprint density at radius 1 is 1.43 bits per heavy atom. The molecule has 6 heteroatoms. The van der Waals surface area contributed by atoms with Gasteiger partial charge in [0.25, 0.3) is 5.91 Å². The summed E-state index contributed by atoms with van der Waals surface area (Å²) in [5.41, 5.74) is -0.458. The van der Waals surface area contributed by atoms with E-state index in [1.54, 1.807) is 11.1 Å². The number of pyridine rings is 1. The molecule has 0 spiro atoms. The number of carbonyl (C=O) groups is 1. The fourth-order valence-corrected chi connectivity index (χ4v) is 3.83. The first kappa shape index (κ1) is 15.0. The van der Waals surface area contributed by atoms with Crippen LogP contribution in [0.5, 0.6) is 0 Å². The van der Waals surface area contributed by atoms with E-state index in [-0.39, 0.29) is 18.1 Å². The van der Waals surface area contributed by atoms with Gasteiger partial charge in [-0.25, -0.2) is 4.39 Å². The van der Waals surface area contributed by atoms with Crippen LogP contribution in [0.15, 0.2) is 24.5 Å². The fourth-order valence-electron chi connectivity index (χ4n) is 3.83. The van der Waals surface area contributed by atoms with Gasteiger partial charge in [0, 0.05) is 38.6 Å². The van der Waals surface area contributed by atoms with Crippen LogP contribution in [-0.2, 0) is 16.1 Å². The van der Waals surface area contributed by atoms with Crippen LogP contribution in [0.1, 0.15) is 24.8 Å². The molecule has 3 aliphatic rings. The van der Waals surface area contributed by atoms with E-state index in [2.05, 4.69) is 16.0 Å². The zero-order valence-corrected chi connectivity index (χ0v) is 13.2. The van der Waals surface area contributed by atoms with Gasteiger partial charge in [-0.1, -0.05) is 6.07 Å². The van der Waals surface area contributed by atoms with E-state index in [9.17, 15) is 9.18 Å². The molecule has 4 rings (SSSR count). The molecule has 2 aliphatic heterocycles. The lowest BCUT2D eigenvalue weighted by Crippen LogP contribution is -2.51. The van der Waals surface area contributed by atoms with Crippen LogP contribution in [-0.4, -0.2) is 64.7 Å². The summed E-state index contributed by atoms with van der Waals surface area (Å²) in [5.74, 6) is -0.330. The van der Waals surface area contributed by atoms with Crippen LogP contribution in [0.4, 0.5) is 4.39 Å². The number of likely N-dealkylation sites (tertiary alicyclic amines) is 1. The zero-order valence-electron chi connectivity index (χ0n) is 13.2. The average Bonchev–Trinajstić information content (AvgIpc) is 2.98. The number of amides is 1. The number of morpholine rings is 1. The summed E-state index contributed by atoms with van der Waals surface area (Å²) in [4.78, 5) is 20.6. The number of hydrogen-bond donors (Lipinski definition) is 0. The molecule has 2 atom stereocenters. The van der Waals surface area contributed by atoms with Gasteiger partial charge in [-0.2, -0.15) is 0 Å². The Morgan fingerprint density at radius 3 is 3.00 bits per heavy atom. The number of carbonyl (C=O) groups excluding carboxylic acids is 1. The molecule has 0 aromatic carbocycles. The summed E-state index contributed by atoms with van der Waals surface area (Å²) in [6.07, 6.45) is 5.18. The highest BCUT2D eigenvalue weighted by Crippen LogP contribution is 2.39. The van der Waals surface area contributed by atoms with Crippen LogP contribution < -0.4 is 0 Å². The van der Waals surface area contributed by atoms with E-state index in [4.69, 9.17) is 4.74 Å². The molecule has 1 saturated carbocycles. The van der Waals surface area contributed by atoms with Crippen molar-refractivity contribution < 1.29 is 13.9 Å². The number of hydrogen-bond acceptors (Lipinski definition) is 4. The van der Waals surface area contributed by atoms with Crippen molar-refractivity contribution >= 4 is 5.91 Å². The number of nitrogens with zero attached hydrogens (tertiary/aromatic N) is 3. The molecule has 0 unspecified atom stereocenters. The van der Waals surface area contributed by atoms with Crippen LogP contribution in [0.2, 0.25) is 0 Å². The van der Waals surface area contributed by atoms with Crippen molar-refractivity contribution in [3.05, 3.63) is 30.1 Å². The summed E-state index contributed by atoms with van der Waals surface area (Å²) < 4.78 is 20.3. The molecule has 0 radical (unpaired) electrons. The summed E-state index contributed by atoms with van der Waals surface area (Å²) in [6, 6.07) is 4.14. The maximum Gasteiger partial charge on any atom is 0.260 e. The lowest BCUT2D eigenvalue weighted by atomic mass is 9.81. The van der Waals surface area contributed by atoms with Gasteiger partial charge < -0.3 is 9.64 Å². The van der Waals surface area contributed by atoms with E-state index in [0.717, 1.165) is 25.1 Å². The summed E-state index contributed by atoms with van der Waals surface area (Å²) in [6.45, 7) is 3.36. The van der Waals surface area contributed by atoms with E-state index in [1.165, 1.54) is 0 Å². The lowest BCUT2D eigenvalue weighted by Gasteiger charge is -2.37. The molecule has 2 saturated heterocycles. The van der Waals surface area contributed by atoms with Crippen LogP contribution in [0, 0.1) is 0 Å². The van der Waals surface area contributed by atoms with Gasteiger partial charge in [0.15, 0.2) is 5.67 Å². The molecule has 3 fully saturated rings. The third kappa shape index (κ3) is 2.74. The molecular weight excluding hydrogens is 297 g/mol. The van der Waals surface area contributed by atoms with Gasteiger partial charge >= 0.3 is 0 Å². The monoisotopic (exact) mass is 319 g/mol. The summed E-state index contributed by atoms with van der Waals surface area (Å²) in [5, 5.41) is 0. The van der Waals surface area contributed by atoms with E-state index >= 15 is 0 Å². The standard InChI is InChI=1S/C17H22FN3O2/c18-17(4-2-5-17)16(22)21-11-14-15(12-21)23-8-7-20(14)10-13-3-1-6-19-9-13/h1,3,6,9,14-15H,2,4-5,7-8,10-12H2/t14-,15+/m1/s1. The van der Waals surface area contributed by atoms with Crippen molar-refractivity contribution in [3.63, 3.8) is 0 Å². The molecule has 1 aromatic rings. The quantitative estimate of drug-likeness (QED) is 0.844. The van der Waals surface area contributed by atoms with Crippen molar-refractivity contribution in [1.82, 2.24) is 14.8 Å². The van der Waals surface area contributed by atoms with Crippen molar-refractivity contribution in [2.45, 2.75) is 43.6 Å². The molecule has 3 heterocycles. The number of halogens is 1. The predicted octanol–water partition coefficient (Wildman–Crippen LogP) is 1.39. The Labute approximate surface area is 135 Å². The lowest BCUT2D eigenvalue weighted by molar-refractivity contribution is -0.149. The molecule has 124 valence electrons. The third-order valence-corrected chi connectivity index (χ3v) is 5.34. The summed E-state index contributed by atoms with van der Waals surface area (Å²) >= 11 is 0. The fraction of sp³-hybridized carbons (Fsp3) is 0.647. The molecular formula is C17H22FN3O2. The SMILES string of the molecule is O=C(N1C[C@@H]2OCCN(Cc3cccnc3)[C@@H]2C1)C1(F)CCC1. The van der Waals surface area contributed by atoms with Crippen molar-refractivity contribution in [1.29, 1.82) is 0 Å². The first-order chi connectivity index (χ1) is 11.2. The predicted molar refractivity (Wildman–Crippen MR) is 82.4 cm³/mol. The molecule has 5 nitrogen and oxygen atoms in total. The van der Waals surface area contributed by atoms with Gasteiger partial charge in [-0.15, -0.1) is 0 Å². The second kappa shape index (κ2) is 5.83. The molecule has 1 aromatic heterocycles. The smallest absolute Gasteiger partial charge is 0.260 e. The Morgan fingerprint density at radius 2 is 2.30 bits per heavy atom. The van der Waals surface area contributed by atoms with Crippen molar-refractivity contribution in [3.8, 4) is 0 Å². The van der Waals surface area contributed by atoms with Gasteiger partial charge in [0.2, 0.25) is 0 Å². The Bertz CT molecular complexity index is 578. The first-order valence-corrected chi connectivity index (χ1v) is 8.39. The highest BCUT2D eigenvalue weighted by atomic mass is 19.1. The maximum absolute atomic E-state index is 14.4. The third-order valence-electron chi connectivity index (χ3n) is 5.34. The van der Waals surface area contributed by atoms with Crippen LogP contribution in [0.25, 0.3) is 0 Å². The van der Waals surface area contributed by atoms with E-state index in [1.807, 2.05) is 12.3 Å². The van der Waals surface area contributed by atoms with Crippen molar-refractivity contribution in [2.24, 2.45) is 0 Å². The largest absolute Gasteiger partial charge is 0.373 e. The number of rotatable bonds is 3. The molecule has 1 aliphatic carbocycles. The highest BCUT2D eigenvalue weighted by Gasteiger charge is 2.51. The van der Waals surface area contributed by atoms with Gasteiger partial charge in [-0.3, -0.25) is 14.7 Å². The van der Waals surface area contributed by atoms with Crippen LogP contribution in [0.3, 0.4) is 0 Å². The van der Waals surface area contributed by atoms with Crippen molar-refractivity contribution in [2.75, 3.05) is 26.2 Å². The Hall–Kier alpha value is -1.53. The minimum Gasteiger partial charge on any atom is -0.373 e. The Balaban J connectivity index is 1.45. The average molecular weight is 319 g/mol. The summed E-state index contributed by atoms with van der Waals surface area (Å²) in [7, 11) is 0. The first-order valence-electron chi connectivity index (χ1n) is 8.39. The highest BCUT2D eigenvalue weighted by molar-refractivity contribution is 5.86. The van der Waals surface area contributed by atoms with Gasteiger partial charge in [0.05, 0.1) is 18.8 Å². The Kier molecular flexibility index (Phi) is 3.81. The van der Waals surface area contributed by atoms with Gasteiger partial charge in [0.1, 0.15) is 0 Å². The van der Waals surface area contributed by atoms with E-state index in [0.29, 0.717) is 32.5 Å². The normalized spacial score (nSPS) is 29.9. The van der Waals surface area contributed by atoms with E-state index < -0.39 is 5.67 Å². The van der Waals surface area contributed by atoms with Crippen LogP contribution >= 0.6 is 0 Å². The maximum atomic E-state index is 14.4. The number of alkyl halides is 1. The van der Waals surface area contributed by atoms with Gasteiger partial charge in [-0.05, 0) is 30.9 Å². The molecule has 23 heavy (non-hydrogen) atoms. The molecule has 1 amide bonds. The molecule has 0 N–H and O–H groups in total. The minimum atomic E-state index is -1.61. The number of ether oxygens (including phenoxy) is 1. The minimum absolute atomic E-state index is 0.00644. The topological polar surface area (TPSA) is 45.7 Å². The number of aromatic nitrogens is 1. The zero-order chi connectivity index (χ0) is 15.9. The second-order valence-electron chi connectivity index (χ2n) is 6.84.